The van der Waals surface area contributed by atoms with Gasteiger partial charge < -0.3 is 20.1 Å². The molecule has 1 fully saturated rings. The molecule has 1 aromatic rings. The van der Waals surface area contributed by atoms with Crippen LogP contribution in [0.5, 0.6) is 0 Å². The molecule has 116 valence electrons. The minimum Gasteiger partial charge on any atom is -0.479 e. The second kappa shape index (κ2) is 8.00. The standard InChI is InChI=1S/C16H24N2O3/c1-18(13-6-3-2-4-7-13)11-5-10-17-12-14-8-9-15(21-14)16(19)20/h2-4,6-7,14-15,17H,5,8-12H2,1H3,(H,19,20). The van der Waals surface area contributed by atoms with E-state index in [0.717, 1.165) is 32.5 Å². The molecule has 0 saturated carbocycles. The summed E-state index contributed by atoms with van der Waals surface area (Å²) in [5, 5.41) is 12.2. The molecule has 0 aliphatic carbocycles. The smallest absolute Gasteiger partial charge is 0.332 e. The second-order valence-corrected chi connectivity index (χ2v) is 5.48. The molecule has 1 aliphatic heterocycles. The molecule has 2 unspecified atom stereocenters. The lowest BCUT2D eigenvalue weighted by Gasteiger charge is -2.19. The summed E-state index contributed by atoms with van der Waals surface area (Å²) in [5.74, 6) is -0.845. The molecular formula is C16H24N2O3. The van der Waals surface area contributed by atoms with Crippen LogP contribution >= 0.6 is 0 Å². The quantitative estimate of drug-likeness (QED) is 0.715. The maximum atomic E-state index is 10.8. The number of carbonyl (C=O) groups is 1. The lowest BCUT2D eigenvalue weighted by Crippen LogP contribution is -2.31. The van der Waals surface area contributed by atoms with Crippen molar-refractivity contribution in [3.63, 3.8) is 0 Å². The molecule has 0 bridgehead atoms. The highest BCUT2D eigenvalue weighted by atomic mass is 16.5. The van der Waals surface area contributed by atoms with Gasteiger partial charge in [-0.05, 0) is 37.9 Å². The number of hydrogen-bond donors (Lipinski definition) is 2. The van der Waals surface area contributed by atoms with E-state index in [4.69, 9.17) is 9.84 Å². The highest BCUT2D eigenvalue weighted by molar-refractivity contribution is 5.72. The largest absolute Gasteiger partial charge is 0.479 e. The average Bonchev–Trinajstić information content (AvgIpc) is 2.97. The lowest BCUT2D eigenvalue weighted by atomic mass is 10.2. The Hall–Kier alpha value is -1.59. The zero-order valence-corrected chi connectivity index (χ0v) is 12.5. The van der Waals surface area contributed by atoms with Gasteiger partial charge in [0, 0.05) is 25.8 Å². The van der Waals surface area contributed by atoms with Crippen LogP contribution in [-0.4, -0.2) is 50.0 Å². The molecule has 21 heavy (non-hydrogen) atoms. The number of hydrogen-bond acceptors (Lipinski definition) is 4. The van der Waals surface area contributed by atoms with Crippen molar-refractivity contribution in [1.82, 2.24) is 5.32 Å². The molecule has 1 saturated heterocycles. The van der Waals surface area contributed by atoms with Crippen molar-refractivity contribution in [2.45, 2.75) is 31.5 Å². The fraction of sp³-hybridized carbons (Fsp3) is 0.562. The third kappa shape index (κ3) is 5.02. The predicted octanol–water partition coefficient (Wildman–Crippen LogP) is 1.73. The summed E-state index contributed by atoms with van der Waals surface area (Å²) in [7, 11) is 2.09. The van der Waals surface area contributed by atoms with Gasteiger partial charge >= 0.3 is 5.97 Å². The normalized spacial score (nSPS) is 21.4. The van der Waals surface area contributed by atoms with E-state index >= 15 is 0 Å². The molecule has 5 heteroatoms. The van der Waals surface area contributed by atoms with Gasteiger partial charge in [-0.3, -0.25) is 0 Å². The Bertz CT molecular complexity index is 438. The van der Waals surface area contributed by atoms with E-state index < -0.39 is 12.1 Å². The lowest BCUT2D eigenvalue weighted by molar-refractivity contribution is -0.149. The fourth-order valence-corrected chi connectivity index (χ4v) is 2.55. The Labute approximate surface area is 125 Å². The number of aliphatic carboxylic acids is 1. The van der Waals surface area contributed by atoms with E-state index in [1.54, 1.807) is 0 Å². The highest BCUT2D eigenvalue weighted by Gasteiger charge is 2.29. The highest BCUT2D eigenvalue weighted by Crippen LogP contribution is 2.19. The summed E-state index contributed by atoms with van der Waals surface area (Å²) in [6.07, 6.45) is 1.92. The van der Waals surface area contributed by atoms with Gasteiger partial charge in [0.1, 0.15) is 0 Å². The minimum absolute atomic E-state index is 0.0398. The van der Waals surface area contributed by atoms with Crippen molar-refractivity contribution >= 4 is 11.7 Å². The third-order valence-electron chi connectivity index (χ3n) is 3.80. The van der Waals surface area contributed by atoms with Crippen LogP contribution in [0.25, 0.3) is 0 Å². The van der Waals surface area contributed by atoms with Crippen molar-refractivity contribution in [2.24, 2.45) is 0 Å². The van der Waals surface area contributed by atoms with Crippen molar-refractivity contribution in [2.75, 3.05) is 31.6 Å². The first-order valence-electron chi connectivity index (χ1n) is 7.52. The van der Waals surface area contributed by atoms with E-state index in [1.165, 1.54) is 5.69 Å². The maximum absolute atomic E-state index is 10.8. The van der Waals surface area contributed by atoms with Gasteiger partial charge in [0.2, 0.25) is 0 Å². The Kier molecular flexibility index (Phi) is 6.02. The molecule has 1 heterocycles. The fourth-order valence-electron chi connectivity index (χ4n) is 2.55. The van der Waals surface area contributed by atoms with E-state index in [2.05, 4.69) is 29.4 Å². The minimum atomic E-state index is -0.845. The molecule has 5 nitrogen and oxygen atoms in total. The SMILES string of the molecule is CN(CCCNCC1CCC(C(=O)O)O1)c1ccccc1. The third-order valence-corrected chi connectivity index (χ3v) is 3.80. The van der Waals surface area contributed by atoms with Gasteiger partial charge in [-0.15, -0.1) is 0 Å². The van der Waals surface area contributed by atoms with Crippen LogP contribution in [0.4, 0.5) is 5.69 Å². The Balaban J connectivity index is 1.55. The summed E-state index contributed by atoms with van der Waals surface area (Å²) >= 11 is 0. The summed E-state index contributed by atoms with van der Waals surface area (Å²) < 4.78 is 5.45. The number of ether oxygens (including phenoxy) is 1. The van der Waals surface area contributed by atoms with E-state index in [1.807, 2.05) is 18.2 Å². The topological polar surface area (TPSA) is 61.8 Å². The van der Waals surface area contributed by atoms with E-state index in [0.29, 0.717) is 6.42 Å². The molecule has 2 N–H and O–H groups in total. The summed E-state index contributed by atoms with van der Waals surface area (Å²) in [4.78, 5) is 13.0. The van der Waals surface area contributed by atoms with E-state index in [9.17, 15) is 4.79 Å². The average molecular weight is 292 g/mol. The molecule has 1 aromatic carbocycles. The van der Waals surface area contributed by atoms with Crippen LogP contribution in [0.1, 0.15) is 19.3 Å². The molecule has 0 spiro atoms. The Morgan fingerprint density at radius 1 is 1.38 bits per heavy atom. The number of carboxylic acids is 1. The first-order chi connectivity index (χ1) is 10.2. The summed E-state index contributed by atoms with van der Waals surface area (Å²) in [6.45, 7) is 2.63. The molecule has 2 atom stereocenters. The number of benzene rings is 1. The summed E-state index contributed by atoms with van der Waals surface area (Å²) in [5.41, 5.74) is 1.22. The Morgan fingerprint density at radius 2 is 2.14 bits per heavy atom. The molecule has 2 rings (SSSR count). The number of anilines is 1. The monoisotopic (exact) mass is 292 g/mol. The molecule has 0 radical (unpaired) electrons. The zero-order valence-electron chi connectivity index (χ0n) is 12.5. The van der Waals surface area contributed by atoms with Crippen LogP contribution in [0.15, 0.2) is 30.3 Å². The Morgan fingerprint density at radius 3 is 2.81 bits per heavy atom. The number of nitrogens with one attached hydrogen (secondary N) is 1. The van der Waals surface area contributed by atoms with Crippen LogP contribution in [0, 0.1) is 0 Å². The summed E-state index contributed by atoms with van der Waals surface area (Å²) in [6, 6.07) is 10.3. The van der Waals surface area contributed by atoms with Crippen molar-refractivity contribution in [1.29, 1.82) is 0 Å². The van der Waals surface area contributed by atoms with Crippen LogP contribution in [0.2, 0.25) is 0 Å². The first-order valence-corrected chi connectivity index (χ1v) is 7.52. The predicted molar refractivity (Wildman–Crippen MR) is 82.7 cm³/mol. The number of carboxylic acid groups (broad SMARTS) is 1. The molecule has 1 aliphatic rings. The van der Waals surface area contributed by atoms with Gasteiger partial charge in [0.15, 0.2) is 6.10 Å². The second-order valence-electron chi connectivity index (χ2n) is 5.48. The van der Waals surface area contributed by atoms with Crippen molar-refractivity contribution < 1.29 is 14.6 Å². The first kappa shape index (κ1) is 15.8. The van der Waals surface area contributed by atoms with Gasteiger partial charge in [0.25, 0.3) is 0 Å². The van der Waals surface area contributed by atoms with Crippen LogP contribution in [0.3, 0.4) is 0 Å². The zero-order chi connectivity index (χ0) is 15.1. The van der Waals surface area contributed by atoms with Crippen LogP contribution in [-0.2, 0) is 9.53 Å². The van der Waals surface area contributed by atoms with Gasteiger partial charge in [-0.25, -0.2) is 4.79 Å². The number of rotatable bonds is 8. The van der Waals surface area contributed by atoms with Gasteiger partial charge in [-0.2, -0.15) is 0 Å². The number of nitrogens with zero attached hydrogens (tertiary/aromatic N) is 1. The molecular weight excluding hydrogens is 268 g/mol. The van der Waals surface area contributed by atoms with Crippen LogP contribution < -0.4 is 10.2 Å². The number of para-hydroxylation sites is 1. The van der Waals surface area contributed by atoms with Crippen molar-refractivity contribution in [3.8, 4) is 0 Å². The van der Waals surface area contributed by atoms with Crippen molar-refractivity contribution in [3.05, 3.63) is 30.3 Å². The molecule has 0 aromatic heterocycles. The van der Waals surface area contributed by atoms with E-state index in [-0.39, 0.29) is 6.10 Å². The maximum Gasteiger partial charge on any atom is 0.332 e. The van der Waals surface area contributed by atoms with Gasteiger partial charge in [-0.1, -0.05) is 18.2 Å². The van der Waals surface area contributed by atoms with Gasteiger partial charge in [0.05, 0.1) is 6.10 Å². The molecule has 0 amide bonds.